The fraction of sp³-hybridized carbons (Fsp3) is 0.467. The quantitative estimate of drug-likeness (QED) is 0.725. The highest BCUT2D eigenvalue weighted by Gasteiger charge is 2.49. The fourth-order valence-electron chi connectivity index (χ4n) is 3.46. The molecule has 0 spiro atoms. The molecule has 4 atom stereocenters. The number of fused-ring (bicyclic) bond motifs is 1. The second-order valence-electron chi connectivity index (χ2n) is 5.97. The summed E-state index contributed by atoms with van der Waals surface area (Å²) in [5.41, 5.74) is 0.851. The van der Waals surface area contributed by atoms with E-state index in [1.807, 2.05) is 13.0 Å². The van der Waals surface area contributed by atoms with Gasteiger partial charge in [-0.3, -0.25) is 0 Å². The van der Waals surface area contributed by atoms with Crippen molar-refractivity contribution < 1.29 is 14.7 Å². The number of carbonyl (C=O) groups excluding carboxylic acids is 2. The summed E-state index contributed by atoms with van der Waals surface area (Å²) in [5, 5.41) is 15.6. The SMILES string of the molecule is C[C@H]1NC(=O)N(C)[C@H]2NC(=O)N(C)[C@H](c3cccc(O)c3)[C@H]12. The van der Waals surface area contributed by atoms with Crippen molar-refractivity contribution >= 4 is 12.1 Å². The predicted octanol–water partition coefficient (Wildman–Crippen LogP) is 1.07. The van der Waals surface area contributed by atoms with Gasteiger partial charge in [0.2, 0.25) is 0 Å². The van der Waals surface area contributed by atoms with Crippen molar-refractivity contribution in [2.24, 2.45) is 5.92 Å². The van der Waals surface area contributed by atoms with E-state index in [9.17, 15) is 14.7 Å². The molecule has 2 saturated heterocycles. The van der Waals surface area contributed by atoms with Crippen LogP contribution in [-0.2, 0) is 0 Å². The number of rotatable bonds is 1. The molecule has 0 unspecified atom stereocenters. The minimum absolute atomic E-state index is 0.0350. The summed E-state index contributed by atoms with van der Waals surface area (Å²) in [6.07, 6.45) is -0.375. The number of phenols is 1. The molecule has 0 aliphatic carbocycles. The Morgan fingerprint density at radius 1 is 1.09 bits per heavy atom. The van der Waals surface area contributed by atoms with Crippen LogP contribution in [0, 0.1) is 5.92 Å². The fourth-order valence-corrected chi connectivity index (χ4v) is 3.46. The van der Waals surface area contributed by atoms with E-state index in [-0.39, 0.29) is 42.0 Å². The van der Waals surface area contributed by atoms with E-state index in [0.717, 1.165) is 5.56 Å². The lowest BCUT2D eigenvalue weighted by Crippen LogP contribution is -2.71. The molecule has 2 fully saturated rings. The van der Waals surface area contributed by atoms with E-state index in [0.29, 0.717) is 0 Å². The highest BCUT2D eigenvalue weighted by atomic mass is 16.3. The van der Waals surface area contributed by atoms with E-state index in [4.69, 9.17) is 0 Å². The standard InChI is InChI=1S/C15H20N4O3/c1-8-11-12(9-5-4-6-10(20)7-9)18(2)15(22)17-13(11)19(3)14(21)16-8/h4-8,11-13,20H,1-3H3,(H,16,21)(H,17,22)/t8-,11+,12-,13-/m1/s1. The normalized spacial score (nSPS) is 31.4. The van der Waals surface area contributed by atoms with Crippen molar-refractivity contribution in [2.45, 2.75) is 25.2 Å². The molecule has 0 radical (unpaired) electrons. The third kappa shape index (κ3) is 2.13. The average Bonchev–Trinajstić information content (AvgIpc) is 2.47. The molecule has 7 nitrogen and oxygen atoms in total. The van der Waals surface area contributed by atoms with E-state index >= 15 is 0 Å². The lowest BCUT2D eigenvalue weighted by Gasteiger charge is -2.52. The number of phenolic OH excluding ortho intramolecular Hbond substituents is 1. The number of hydrogen-bond donors (Lipinski definition) is 3. The first-order valence-electron chi connectivity index (χ1n) is 7.25. The van der Waals surface area contributed by atoms with Crippen LogP contribution < -0.4 is 10.6 Å². The summed E-state index contributed by atoms with van der Waals surface area (Å²) in [6, 6.07) is 6.14. The number of urea groups is 2. The van der Waals surface area contributed by atoms with Gasteiger partial charge in [0.25, 0.3) is 0 Å². The van der Waals surface area contributed by atoms with Crippen LogP contribution in [0.1, 0.15) is 18.5 Å². The van der Waals surface area contributed by atoms with Crippen LogP contribution in [0.15, 0.2) is 24.3 Å². The van der Waals surface area contributed by atoms with Crippen molar-refractivity contribution in [1.82, 2.24) is 20.4 Å². The number of hydrogen-bond acceptors (Lipinski definition) is 3. The van der Waals surface area contributed by atoms with Crippen molar-refractivity contribution in [3.63, 3.8) is 0 Å². The van der Waals surface area contributed by atoms with E-state index in [1.54, 1.807) is 37.2 Å². The van der Waals surface area contributed by atoms with Gasteiger partial charge in [-0.25, -0.2) is 9.59 Å². The Bertz CT molecular complexity index is 621. The van der Waals surface area contributed by atoms with Crippen LogP contribution in [-0.4, -0.2) is 53.3 Å². The molecular formula is C15H20N4O3. The van der Waals surface area contributed by atoms with Crippen molar-refractivity contribution in [3.8, 4) is 5.75 Å². The summed E-state index contributed by atoms with van der Waals surface area (Å²) >= 11 is 0. The second kappa shape index (κ2) is 5.08. The molecular weight excluding hydrogens is 284 g/mol. The Balaban J connectivity index is 2.05. The first-order valence-corrected chi connectivity index (χ1v) is 7.25. The lowest BCUT2D eigenvalue weighted by molar-refractivity contribution is 0.0247. The van der Waals surface area contributed by atoms with Gasteiger partial charge in [-0.15, -0.1) is 0 Å². The number of nitrogens with one attached hydrogen (secondary N) is 2. The largest absolute Gasteiger partial charge is 0.508 e. The van der Waals surface area contributed by atoms with Gasteiger partial charge in [-0.2, -0.15) is 0 Å². The number of carbonyl (C=O) groups is 2. The van der Waals surface area contributed by atoms with Gasteiger partial charge in [0.1, 0.15) is 11.9 Å². The van der Waals surface area contributed by atoms with Crippen LogP contribution in [0.2, 0.25) is 0 Å². The molecule has 1 aromatic carbocycles. The molecule has 4 amide bonds. The Labute approximate surface area is 128 Å². The number of benzene rings is 1. The van der Waals surface area contributed by atoms with Crippen molar-refractivity contribution in [2.75, 3.05) is 14.1 Å². The second-order valence-corrected chi connectivity index (χ2v) is 5.97. The molecule has 7 heteroatoms. The predicted molar refractivity (Wildman–Crippen MR) is 80.2 cm³/mol. The summed E-state index contributed by atoms with van der Waals surface area (Å²) < 4.78 is 0. The van der Waals surface area contributed by atoms with Crippen molar-refractivity contribution in [3.05, 3.63) is 29.8 Å². The smallest absolute Gasteiger partial charge is 0.319 e. The zero-order valence-corrected chi connectivity index (χ0v) is 12.8. The molecule has 118 valence electrons. The molecule has 22 heavy (non-hydrogen) atoms. The van der Waals surface area contributed by atoms with Gasteiger partial charge in [-0.1, -0.05) is 12.1 Å². The van der Waals surface area contributed by atoms with Gasteiger partial charge in [0.15, 0.2) is 0 Å². The van der Waals surface area contributed by atoms with E-state index in [2.05, 4.69) is 10.6 Å². The topological polar surface area (TPSA) is 84.9 Å². The maximum atomic E-state index is 12.3. The van der Waals surface area contributed by atoms with Crippen LogP contribution in [0.5, 0.6) is 5.75 Å². The minimum atomic E-state index is -0.375. The Morgan fingerprint density at radius 2 is 1.77 bits per heavy atom. The molecule has 0 saturated carbocycles. The monoisotopic (exact) mass is 304 g/mol. The zero-order valence-electron chi connectivity index (χ0n) is 12.8. The molecule has 0 bridgehead atoms. The maximum absolute atomic E-state index is 12.3. The van der Waals surface area contributed by atoms with E-state index < -0.39 is 0 Å². The third-order valence-electron chi connectivity index (χ3n) is 4.62. The first kappa shape index (κ1) is 14.5. The zero-order chi connectivity index (χ0) is 16.0. The van der Waals surface area contributed by atoms with Gasteiger partial charge >= 0.3 is 12.1 Å². The van der Waals surface area contributed by atoms with Gasteiger partial charge in [0, 0.05) is 26.1 Å². The molecule has 0 aromatic heterocycles. The van der Waals surface area contributed by atoms with Gasteiger partial charge < -0.3 is 25.5 Å². The highest BCUT2D eigenvalue weighted by Crippen LogP contribution is 2.38. The maximum Gasteiger partial charge on any atom is 0.319 e. The number of amides is 4. The lowest BCUT2D eigenvalue weighted by atomic mass is 9.81. The average molecular weight is 304 g/mol. The van der Waals surface area contributed by atoms with Gasteiger partial charge in [0.05, 0.1) is 6.04 Å². The van der Waals surface area contributed by atoms with Crippen LogP contribution in [0.4, 0.5) is 9.59 Å². The van der Waals surface area contributed by atoms with Crippen LogP contribution in [0.3, 0.4) is 0 Å². The summed E-state index contributed by atoms with van der Waals surface area (Å²) in [4.78, 5) is 27.4. The summed E-state index contributed by atoms with van der Waals surface area (Å²) in [6.45, 7) is 1.93. The molecule has 1 aromatic rings. The van der Waals surface area contributed by atoms with Gasteiger partial charge in [-0.05, 0) is 24.6 Å². The number of aromatic hydroxyl groups is 1. The molecule has 3 rings (SSSR count). The Morgan fingerprint density at radius 3 is 2.45 bits per heavy atom. The van der Waals surface area contributed by atoms with Crippen LogP contribution >= 0.6 is 0 Å². The van der Waals surface area contributed by atoms with Crippen molar-refractivity contribution in [1.29, 1.82) is 0 Å². The molecule has 2 heterocycles. The summed E-state index contributed by atoms with van der Waals surface area (Å²) in [5.74, 6) is 0.126. The molecule has 2 aliphatic rings. The summed E-state index contributed by atoms with van der Waals surface area (Å²) in [7, 11) is 3.40. The molecule has 3 N–H and O–H groups in total. The highest BCUT2D eigenvalue weighted by molar-refractivity contribution is 5.80. The molecule has 2 aliphatic heterocycles. The third-order valence-corrected chi connectivity index (χ3v) is 4.62. The Hall–Kier alpha value is -2.44. The first-order chi connectivity index (χ1) is 10.4. The van der Waals surface area contributed by atoms with E-state index in [1.165, 1.54) is 4.90 Å². The number of nitrogens with zero attached hydrogens (tertiary/aromatic N) is 2. The van der Waals surface area contributed by atoms with Crippen LogP contribution in [0.25, 0.3) is 0 Å². The minimum Gasteiger partial charge on any atom is -0.508 e. The Kier molecular flexibility index (Phi) is 3.35.